The zero-order chi connectivity index (χ0) is 13.6. The van der Waals surface area contributed by atoms with Crippen molar-refractivity contribution in [3.8, 4) is 0 Å². The third-order valence-electron chi connectivity index (χ3n) is 3.41. The van der Waals surface area contributed by atoms with Gasteiger partial charge in [-0.15, -0.1) is 0 Å². The molecule has 0 amide bonds. The summed E-state index contributed by atoms with van der Waals surface area (Å²) >= 11 is 0. The van der Waals surface area contributed by atoms with E-state index >= 15 is 0 Å². The smallest absolute Gasteiger partial charge is 0.337 e. The SMILES string of the molecule is COC(=O)c1ccc2c(c1)[C@H]1OC(C)(C)O[C@H]1C=C2. The highest BCUT2D eigenvalue weighted by Crippen LogP contribution is 2.43. The molecule has 2 aliphatic rings. The fourth-order valence-electron chi connectivity index (χ4n) is 2.59. The summed E-state index contributed by atoms with van der Waals surface area (Å²) in [6.45, 7) is 3.78. The predicted molar refractivity (Wildman–Crippen MR) is 69.6 cm³/mol. The molecule has 1 aliphatic heterocycles. The van der Waals surface area contributed by atoms with Crippen LogP contribution in [0.15, 0.2) is 24.3 Å². The summed E-state index contributed by atoms with van der Waals surface area (Å²) in [5.41, 5.74) is 2.56. The number of carbonyl (C=O) groups excluding carboxylic acids is 1. The average molecular weight is 260 g/mol. The molecule has 0 aromatic heterocycles. The average Bonchev–Trinajstić information content (AvgIpc) is 2.71. The summed E-state index contributed by atoms with van der Waals surface area (Å²) < 4.78 is 16.5. The molecule has 0 saturated carbocycles. The van der Waals surface area contributed by atoms with Crippen molar-refractivity contribution in [2.24, 2.45) is 0 Å². The van der Waals surface area contributed by atoms with E-state index in [1.54, 1.807) is 6.07 Å². The summed E-state index contributed by atoms with van der Waals surface area (Å²) in [7, 11) is 1.38. The molecule has 0 bridgehead atoms. The Morgan fingerprint density at radius 3 is 2.84 bits per heavy atom. The van der Waals surface area contributed by atoms with Gasteiger partial charge in [-0.1, -0.05) is 18.2 Å². The van der Waals surface area contributed by atoms with Crippen LogP contribution in [0.2, 0.25) is 0 Å². The van der Waals surface area contributed by atoms with E-state index in [2.05, 4.69) is 0 Å². The van der Waals surface area contributed by atoms with Crippen molar-refractivity contribution in [1.82, 2.24) is 0 Å². The molecule has 1 fully saturated rings. The number of hydrogen-bond acceptors (Lipinski definition) is 4. The second-order valence-corrected chi connectivity index (χ2v) is 5.22. The largest absolute Gasteiger partial charge is 0.465 e. The Morgan fingerprint density at radius 1 is 1.32 bits per heavy atom. The molecule has 1 saturated heterocycles. The van der Waals surface area contributed by atoms with Gasteiger partial charge in [0.15, 0.2) is 5.79 Å². The highest BCUT2D eigenvalue weighted by atomic mass is 16.7. The zero-order valence-electron chi connectivity index (χ0n) is 11.2. The molecule has 1 heterocycles. The van der Waals surface area contributed by atoms with E-state index in [1.807, 2.05) is 38.1 Å². The molecule has 3 rings (SSSR count). The molecule has 100 valence electrons. The van der Waals surface area contributed by atoms with Crippen LogP contribution >= 0.6 is 0 Å². The van der Waals surface area contributed by atoms with Crippen molar-refractivity contribution in [1.29, 1.82) is 0 Å². The lowest BCUT2D eigenvalue weighted by molar-refractivity contribution is -0.143. The zero-order valence-corrected chi connectivity index (χ0v) is 11.2. The van der Waals surface area contributed by atoms with Crippen LogP contribution in [-0.4, -0.2) is 25.0 Å². The Morgan fingerprint density at radius 2 is 2.11 bits per heavy atom. The summed E-state index contributed by atoms with van der Waals surface area (Å²) in [5.74, 6) is -0.949. The number of carbonyl (C=O) groups is 1. The highest BCUT2D eigenvalue weighted by molar-refractivity contribution is 5.90. The molecule has 1 aromatic carbocycles. The monoisotopic (exact) mass is 260 g/mol. The minimum absolute atomic E-state index is 0.101. The maximum Gasteiger partial charge on any atom is 0.337 e. The summed E-state index contributed by atoms with van der Waals surface area (Å²) in [5, 5.41) is 0. The number of methoxy groups -OCH3 is 1. The fourth-order valence-corrected chi connectivity index (χ4v) is 2.59. The Bertz CT molecular complexity index is 559. The van der Waals surface area contributed by atoms with E-state index in [-0.39, 0.29) is 18.2 Å². The molecule has 1 aliphatic carbocycles. The predicted octanol–water partition coefficient (Wildman–Crippen LogP) is 2.69. The van der Waals surface area contributed by atoms with Crippen LogP contribution in [0.25, 0.3) is 6.08 Å². The summed E-state index contributed by atoms with van der Waals surface area (Å²) in [6, 6.07) is 5.49. The normalized spacial score (nSPS) is 26.7. The number of esters is 1. The van der Waals surface area contributed by atoms with E-state index < -0.39 is 5.79 Å². The number of rotatable bonds is 1. The Hall–Kier alpha value is -1.65. The first kappa shape index (κ1) is 12.4. The molecule has 2 atom stereocenters. The second-order valence-electron chi connectivity index (χ2n) is 5.22. The van der Waals surface area contributed by atoms with Crippen molar-refractivity contribution >= 4 is 12.0 Å². The number of ether oxygens (including phenoxy) is 3. The van der Waals surface area contributed by atoms with Crippen molar-refractivity contribution in [3.05, 3.63) is 41.0 Å². The molecule has 19 heavy (non-hydrogen) atoms. The Kier molecular flexibility index (Phi) is 2.73. The molecule has 0 N–H and O–H groups in total. The maximum atomic E-state index is 11.6. The van der Waals surface area contributed by atoms with Gasteiger partial charge in [-0.3, -0.25) is 0 Å². The Balaban J connectivity index is 2.02. The van der Waals surface area contributed by atoms with Gasteiger partial charge in [-0.05, 0) is 37.1 Å². The number of fused-ring (bicyclic) bond motifs is 3. The van der Waals surface area contributed by atoms with E-state index in [4.69, 9.17) is 14.2 Å². The lowest BCUT2D eigenvalue weighted by Crippen LogP contribution is -2.20. The topological polar surface area (TPSA) is 44.8 Å². The molecule has 1 aromatic rings. The van der Waals surface area contributed by atoms with Crippen LogP contribution in [0.5, 0.6) is 0 Å². The lowest BCUT2D eigenvalue weighted by Gasteiger charge is -2.21. The van der Waals surface area contributed by atoms with Crippen molar-refractivity contribution in [2.45, 2.75) is 31.8 Å². The first-order valence-corrected chi connectivity index (χ1v) is 6.26. The van der Waals surface area contributed by atoms with Gasteiger partial charge in [0, 0.05) is 0 Å². The summed E-state index contributed by atoms with van der Waals surface area (Å²) in [6.07, 6.45) is 3.73. The van der Waals surface area contributed by atoms with Crippen LogP contribution in [0, 0.1) is 0 Å². The molecule has 0 radical (unpaired) electrons. The number of hydrogen-bond donors (Lipinski definition) is 0. The third-order valence-corrected chi connectivity index (χ3v) is 3.41. The molecule has 0 spiro atoms. The van der Waals surface area contributed by atoms with E-state index in [0.717, 1.165) is 11.1 Å². The van der Waals surface area contributed by atoms with Gasteiger partial charge in [0.1, 0.15) is 12.2 Å². The van der Waals surface area contributed by atoms with Gasteiger partial charge in [-0.25, -0.2) is 4.79 Å². The van der Waals surface area contributed by atoms with Crippen LogP contribution in [0.3, 0.4) is 0 Å². The van der Waals surface area contributed by atoms with Crippen LogP contribution in [0.4, 0.5) is 0 Å². The second kappa shape index (κ2) is 4.18. The first-order valence-electron chi connectivity index (χ1n) is 6.26. The minimum atomic E-state index is -0.609. The minimum Gasteiger partial charge on any atom is -0.465 e. The van der Waals surface area contributed by atoms with Crippen LogP contribution < -0.4 is 0 Å². The van der Waals surface area contributed by atoms with Gasteiger partial charge in [0.2, 0.25) is 0 Å². The molecular weight excluding hydrogens is 244 g/mol. The van der Waals surface area contributed by atoms with E-state index in [0.29, 0.717) is 5.56 Å². The van der Waals surface area contributed by atoms with Gasteiger partial charge in [-0.2, -0.15) is 0 Å². The first-order chi connectivity index (χ1) is 9.00. The third kappa shape index (κ3) is 2.07. The standard InChI is InChI=1S/C15H16O4/c1-15(2)18-12-7-6-9-4-5-10(14(16)17-3)8-11(9)13(12)19-15/h4-8,12-13H,1-3H3/t12-,13+/m0/s1. The maximum absolute atomic E-state index is 11.6. The molecule has 4 nitrogen and oxygen atoms in total. The van der Waals surface area contributed by atoms with Crippen molar-refractivity contribution in [3.63, 3.8) is 0 Å². The van der Waals surface area contributed by atoms with E-state index in [9.17, 15) is 4.79 Å². The van der Waals surface area contributed by atoms with Gasteiger partial charge < -0.3 is 14.2 Å². The van der Waals surface area contributed by atoms with Crippen molar-refractivity contribution < 1.29 is 19.0 Å². The molecule has 0 unspecified atom stereocenters. The molecule has 4 heteroatoms. The van der Waals surface area contributed by atoms with Crippen LogP contribution in [0.1, 0.15) is 41.4 Å². The van der Waals surface area contributed by atoms with Gasteiger partial charge in [0.25, 0.3) is 0 Å². The lowest BCUT2D eigenvalue weighted by atomic mass is 9.91. The molecular formula is C15H16O4. The van der Waals surface area contributed by atoms with E-state index in [1.165, 1.54) is 7.11 Å². The van der Waals surface area contributed by atoms with Gasteiger partial charge in [0.05, 0.1) is 12.7 Å². The van der Waals surface area contributed by atoms with Gasteiger partial charge >= 0.3 is 5.97 Å². The quantitative estimate of drug-likeness (QED) is 0.728. The Labute approximate surface area is 112 Å². The number of benzene rings is 1. The highest BCUT2D eigenvalue weighted by Gasteiger charge is 2.43. The summed E-state index contributed by atoms with van der Waals surface area (Å²) in [4.78, 5) is 11.6. The fraction of sp³-hybridized carbons (Fsp3) is 0.400. The van der Waals surface area contributed by atoms with Crippen LogP contribution in [-0.2, 0) is 14.2 Å². The van der Waals surface area contributed by atoms with Crippen molar-refractivity contribution in [2.75, 3.05) is 7.11 Å².